The summed E-state index contributed by atoms with van der Waals surface area (Å²) in [7, 11) is 0.341. The number of ether oxygens (including phenoxy) is 1. The Morgan fingerprint density at radius 1 is 1.24 bits per heavy atom. The van der Waals surface area contributed by atoms with E-state index in [-0.39, 0.29) is 34.8 Å². The number of hydrogen-bond donors (Lipinski definition) is 0. The van der Waals surface area contributed by atoms with E-state index < -0.39 is 10.8 Å². The number of nitrogens with zero attached hydrogens (tertiary/aromatic N) is 3. The molecular weight excluding hydrogens is 345 g/mol. The van der Waals surface area contributed by atoms with E-state index in [1.807, 2.05) is 30.3 Å². The van der Waals surface area contributed by atoms with Crippen LogP contribution in [0.5, 0.6) is 5.75 Å². The van der Waals surface area contributed by atoms with Crippen LogP contribution in [0.15, 0.2) is 41.7 Å². The number of methoxy groups -OCH3 is 1. The summed E-state index contributed by atoms with van der Waals surface area (Å²) >= 11 is 0. The smallest absolute Gasteiger partial charge is 0.496 e. The van der Waals surface area contributed by atoms with Crippen LogP contribution in [-0.2, 0) is 17.2 Å². The van der Waals surface area contributed by atoms with Crippen molar-refractivity contribution in [2.75, 3.05) is 7.11 Å². The van der Waals surface area contributed by atoms with E-state index in [9.17, 15) is 4.21 Å². The van der Waals surface area contributed by atoms with Gasteiger partial charge >= 0.3 is 29.6 Å². The van der Waals surface area contributed by atoms with Crippen molar-refractivity contribution in [2.45, 2.75) is 36.1 Å². The second-order valence-corrected chi connectivity index (χ2v) is 7.43. The molecule has 0 radical (unpaired) electrons. The molecular formula is C18H18N3NaO2S. The van der Waals surface area contributed by atoms with Crippen molar-refractivity contribution in [3.8, 4) is 5.75 Å². The van der Waals surface area contributed by atoms with Crippen LogP contribution < -0.4 is 39.3 Å². The number of imidazole rings is 1. The fraction of sp³-hybridized carbons (Fsp3) is 0.333. The number of hydrogen-bond acceptors (Lipinski definition) is 4. The third kappa shape index (κ3) is 3.53. The summed E-state index contributed by atoms with van der Waals surface area (Å²) in [5, 5.41) is 0.216. The van der Waals surface area contributed by atoms with Gasteiger partial charge in [0.1, 0.15) is 5.75 Å². The fourth-order valence-electron chi connectivity index (χ4n) is 3.29. The van der Waals surface area contributed by atoms with Gasteiger partial charge in [-0.05, 0) is 36.4 Å². The maximum absolute atomic E-state index is 13.2. The predicted octanol–water partition coefficient (Wildman–Crippen LogP) is 0.175. The molecule has 0 aliphatic heterocycles. The molecule has 2 heterocycles. The van der Waals surface area contributed by atoms with Gasteiger partial charge in [-0.25, -0.2) is 0 Å². The molecule has 124 valence electrons. The zero-order valence-corrected chi connectivity index (χ0v) is 17.3. The molecule has 0 fully saturated rings. The first kappa shape index (κ1) is 18.6. The Kier molecular flexibility index (Phi) is 5.94. The first-order valence-corrected chi connectivity index (χ1v) is 9.31. The molecule has 4 rings (SSSR count). The minimum atomic E-state index is -1.33. The molecule has 2 aromatic heterocycles. The van der Waals surface area contributed by atoms with E-state index in [0.717, 1.165) is 53.7 Å². The first-order valence-electron chi connectivity index (χ1n) is 8.09. The van der Waals surface area contributed by atoms with E-state index in [2.05, 4.69) is 15.0 Å². The zero-order chi connectivity index (χ0) is 16.5. The summed E-state index contributed by atoms with van der Waals surface area (Å²) in [5.74, 6) is 0.831. The maximum atomic E-state index is 13.2. The molecule has 2 atom stereocenters. The molecule has 3 aromatic rings. The van der Waals surface area contributed by atoms with Gasteiger partial charge in [-0.1, -0.05) is 30.7 Å². The van der Waals surface area contributed by atoms with Gasteiger partial charge in [-0.2, -0.15) is 0 Å². The topological polar surface area (TPSA) is 66.2 Å². The molecule has 1 aromatic carbocycles. The number of benzene rings is 1. The molecule has 1 aliphatic rings. The Hall–Kier alpha value is -1.21. The summed E-state index contributed by atoms with van der Waals surface area (Å²) in [6.45, 7) is 0. The summed E-state index contributed by atoms with van der Waals surface area (Å²) in [5.41, 5.74) is 3.52. The second kappa shape index (κ2) is 7.99. The number of para-hydroxylation sites is 2. The Morgan fingerprint density at radius 3 is 2.88 bits per heavy atom. The summed E-state index contributed by atoms with van der Waals surface area (Å²) in [6, 6.07) is 9.49. The van der Waals surface area contributed by atoms with Gasteiger partial charge in [0, 0.05) is 16.9 Å². The van der Waals surface area contributed by atoms with Gasteiger partial charge in [0.25, 0.3) is 0 Å². The first-order chi connectivity index (χ1) is 11.8. The number of rotatable bonds is 3. The van der Waals surface area contributed by atoms with Crippen molar-refractivity contribution in [1.29, 1.82) is 0 Å². The Balaban J connectivity index is 0.00000182. The van der Waals surface area contributed by atoms with Crippen LogP contribution in [0.3, 0.4) is 0 Å². The third-order valence-corrected chi connectivity index (χ3v) is 5.98. The predicted molar refractivity (Wildman–Crippen MR) is 92.6 cm³/mol. The van der Waals surface area contributed by atoms with E-state index in [1.54, 1.807) is 13.3 Å². The van der Waals surface area contributed by atoms with Gasteiger partial charge in [0.15, 0.2) is 0 Å². The van der Waals surface area contributed by atoms with Gasteiger partial charge < -0.3 is 14.7 Å². The van der Waals surface area contributed by atoms with Crippen molar-refractivity contribution in [3.05, 3.63) is 47.8 Å². The molecule has 0 N–H and O–H groups in total. The monoisotopic (exact) mass is 363 g/mol. The standard InChI is InChI=1S/C18H18N3O2S.Na/c1-23-15-10-11-19-17-12(15)6-2-5-9-16(17)24(22)18-20-13-7-3-4-8-14(13)21-18;/h3-4,7-8,10-11,16H,2,5-6,9H2,1H3;/q-1;+1/t16-,24-;/m0./s1. The van der Waals surface area contributed by atoms with Crippen molar-refractivity contribution in [3.63, 3.8) is 0 Å². The molecule has 0 unspecified atom stereocenters. The van der Waals surface area contributed by atoms with Gasteiger partial charge in [-0.15, -0.1) is 0 Å². The Bertz CT molecular complexity index is 879. The van der Waals surface area contributed by atoms with Crippen LogP contribution in [0.1, 0.15) is 35.8 Å². The van der Waals surface area contributed by atoms with Crippen LogP contribution in [0.2, 0.25) is 0 Å². The molecule has 0 amide bonds. The molecule has 25 heavy (non-hydrogen) atoms. The Morgan fingerprint density at radius 2 is 2.08 bits per heavy atom. The van der Waals surface area contributed by atoms with Gasteiger partial charge in [0.05, 0.1) is 28.9 Å². The molecule has 7 heteroatoms. The van der Waals surface area contributed by atoms with Crippen LogP contribution in [0, 0.1) is 0 Å². The van der Waals surface area contributed by atoms with Crippen molar-refractivity contribution in [1.82, 2.24) is 15.0 Å². The fourth-order valence-corrected chi connectivity index (χ4v) is 4.71. The zero-order valence-electron chi connectivity index (χ0n) is 14.4. The van der Waals surface area contributed by atoms with Crippen LogP contribution in [0.4, 0.5) is 0 Å². The minimum absolute atomic E-state index is 0. The average Bonchev–Trinajstić information content (AvgIpc) is 2.93. The quantitative estimate of drug-likeness (QED) is 0.490. The van der Waals surface area contributed by atoms with Crippen molar-refractivity contribution >= 4 is 21.8 Å². The molecule has 0 saturated heterocycles. The average molecular weight is 363 g/mol. The number of pyridine rings is 1. The summed E-state index contributed by atoms with van der Waals surface area (Å²) in [6.07, 6.45) is 5.52. The number of fused-ring (bicyclic) bond motifs is 2. The van der Waals surface area contributed by atoms with E-state index in [0.29, 0.717) is 5.16 Å². The normalized spacial score (nSPS) is 18.0. The third-order valence-electron chi connectivity index (χ3n) is 4.47. The SMILES string of the molecule is COc1ccnc2c1CCCC[C@@H]2[S@](=O)c1nc2ccccc2[n-]1.[Na+]. The molecule has 0 saturated carbocycles. The maximum Gasteiger partial charge on any atom is 1.00 e. The van der Waals surface area contributed by atoms with Gasteiger partial charge in [0.2, 0.25) is 0 Å². The van der Waals surface area contributed by atoms with Gasteiger partial charge in [-0.3, -0.25) is 9.19 Å². The summed E-state index contributed by atoms with van der Waals surface area (Å²) in [4.78, 5) is 13.5. The van der Waals surface area contributed by atoms with E-state index in [4.69, 9.17) is 4.74 Å². The van der Waals surface area contributed by atoms with Crippen LogP contribution >= 0.6 is 0 Å². The molecule has 0 bridgehead atoms. The van der Waals surface area contributed by atoms with Crippen molar-refractivity contribution < 1.29 is 38.5 Å². The molecule has 0 spiro atoms. The number of aromatic nitrogens is 3. The molecule has 1 aliphatic carbocycles. The second-order valence-electron chi connectivity index (χ2n) is 5.90. The minimum Gasteiger partial charge on any atom is -0.496 e. The van der Waals surface area contributed by atoms with Crippen molar-refractivity contribution in [2.24, 2.45) is 0 Å². The Labute approximate surface area is 171 Å². The molecule has 5 nitrogen and oxygen atoms in total. The van der Waals surface area contributed by atoms with E-state index >= 15 is 0 Å². The van der Waals surface area contributed by atoms with E-state index in [1.165, 1.54) is 0 Å². The summed E-state index contributed by atoms with van der Waals surface area (Å²) < 4.78 is 18.7. The van der Waals surface area contributed by atoms with Crippen LogP contribution in [0.25, 0.3) is 11.0 Å². The van der Waals surface area contributed by atoms with Crippen LogP contribution in [-0.4, -0.2) is 21.3 Å². The largest absolute Gasteiger partial charge is 1.00 e.